The number of rotatable bonds is 6. The molecule has 0 bridgehead atoms. The van der Waals surface area contributed by atoms with Crippen LogP contribution in [0.25, 0.3) is 0 Å². The second-order valence-corrected chi connectivity index (χ2v) is 7.66. The van der Waals surface area contributed by atoms with E-state index in [2.05, 4.69) is 12.2 Å². The normalized spacial score (nSPS) is 22.0. The van der Waals surface area contributed by atoms with Crippen LogP contribution in [0.4, 0.5) is 11.4 Å². The highest BCUT2D eigenvalue weighted by molar-refractivity contribution is 5.97. The summed E-state index contributed by atoms with van der Waals surface area (Å²) >= 11 is 0. The highest BCUT2D eigenvalue weighted by Gasteiger charge is 2.26. The lowest BCUT2D eigenvalue weighted by Gasteiger charge is -2.29. The number of amides is 1. The van der Waals surface area contributed by atoms with Gasteiger partial charge in [-0.15, -0.1) is 0 Å². The number of ether oxygens (including phenoxy) is 1. The first-order valence-electron chi connectivity index (χ1n) is 9.95. The van der Waals surface area contributed by atoms with Gasteiger partial charge in [0.05, 0.1) is 16.2 Å². The van der Waals surface area contributed by atoms with Crippen molar-refractivity contribution in [2.24, 2.45) is 5.92 Å². The quantitative estimate of drug-likeness (QED) is 0.456. The molecule has 2 atom stereocenters. The van der Waals surface area contributed by atoms with Gasteiger partial charge in [0.15, 0.2) is 6.61 Å². The number of carbonyl (C=O) groups is 2. The van der Waals surface area contributed by atoms with Gasteiger partial charge in [0.2, 0.25) is 0 Å². The van der Waals surface area contributed by atoms with Gasteiger partial charge >= 0.3 is 5.97 Å². The van der Waals surface area contributed by atoms with Gasteiger partial charge in [0.1, 0.15) is 0 Å². The number of carbonyl (C=O) groups excluding carboxylic acids is 2. The van der Waals surface area contributed by atoms with E-state index < -0.39 is 10.9 Å². The van der Waals surface area contributed by atoms with E-state index in [1.54, 1.807) is 6.07 Å². The second kappa shape index (κ2) is 9.03. The van der Waals surface area contributed by atoms with Crippen LogP contribution in [0.2, 0.25) is 0 Å². The number of nitro benzene ring substituents is 1. The first-order valence-corrected chi connectivity index (χ1v) is 9.95. The summed E-state index contributed by atoms with van der Waals surface area (Å²) in [6, 6.07) is 4.32. The molecule has 28 heavy (non-hydrogen) atoms. The molecule has 1 aromatic rings. The fourth-order valence-corrected chi connectivity index (χ4v) is 4.02. The maximum Gasteiger partial charge on any atom is 0.341 e. The van der Waals surface area contributed by atoms with Crippen molar-refractivity contribution in [3.63, 3.8) is 0 Å². The van der Waals surface area contributed by atoms with Crippen molar-refractivity contribution in [3.05, 3.63) is 33.9 Å². The monoisotopic (exact) mass is 389 g/mol. The van der Waals surface area contributed by atoms with Crippen molar-refractivity contribution < 1.29 is 19.2 Å². The number of benzene rings is 1. The van der Waals surface area contributed by atoms with Crippen LogP contribution in [0, 0.1) is 16.0 Å². The first-order chi connectivity index (χ1) is 13.5. The fraction of sp³-hybridized carbons (Fsp3) is 0.600. The van der Waals surface area contributed by atoms with Gasteiger partial charge in [0.25, 0.3) is 11.6 Å². The fourth-order valence-electron chi connectivity index (χ4n) is 4.02. The Morgan fingerprint density at radius 1 is 1.21 bits per heavy atom. The molecule has 1 aliphatic heterocycles. The van der Waals surface area contributed by atoms with E-state index in [9.17, 15) is 19.7 Å². The molecular weight excluding hydrogens is 362 g/mol. The molecule has 1 aromatic carbocycles. The van der Waals surface area contributed by atoms with Crippen LogP contribution in [-0.2, 0) is 9.53 Å². The maximum absolute atomic E-state index is 12.6. The molecular formula is C20H27N3O5. The minimum Gasteiger partial charge on any atom is -0.452 e. The van der Waals surface area contributed by atoms with Crippen molar-refractivity contribution in [2.45, 2.75) is 51.5 Å². The van der Waals surface area contributed by atoms with Gasteiger partial charge in [-0.25, -0.2) is 4.79 Å². The van der Waals surface area contributed by atoms with E-state index in [0.29, 0.717) is 11.6 Å². The number of anilines is 1. The molecule has 1 N–H and O–H groups in total. The molecule has 8 heteroatoms. The van der Waals surface area contributed by atoms with E-state index >= 15 is 0 Å². The zero-order valence-corrected chi connectivity index (χ0v) is 16.2. The summed E-state index contributed by atoms with van der Waals surface area (Å²) in [5.74, 6) is -0.635. The topological polar surface area (TPSA) is 102 Å². The minimum atomic E-state index is -0.711. The van der Waals surface area contributed by atoms with Crippen LogP contribution in [0.3, 0.4) is 0 Å². The average Bonchev–Trinajstić information content (AvgIpc) is 3.22. The van der Waals surface area contributed by atoms with E-state index in [1.807, 2.05) is 4.90 Å². The molecule has 152 valence electrons. The summed E-state index contributed by atoms with van der Waals surface area (Å²) in [6.07, 6.45) is 6.29. The highest BCUT2D eigenvalue weighted by atomic mass is 16.6. The van der Waals surface area contributed by atoms with Crippen molar-refractivity contribution in [2.75, 3.05) is 24.6 Å². The lowest BCUT2D eigenvalue weighted by Crippen LogP contribution is -2.42. The third-order valence-electron chi connectivity index (χ3n) is 5.65. The van der Waals surface area contributed by atoms with E-state index in [1.165, 1.54) is 18.6 Å². The van der Waals surface area contributed by atoms with Crippen molar-refractivity contribution in [1.29, 1.82) is 0 Å². The number of nitro groups is 1. The third-order valence-corrected chi connectivity index (χ3v) is 5.65. The zero-order chi connectivity index (χ0) is 20.1. The van der Waals surface area contributed by atoms with Gasteiger partial charge in [-0.05, 0) is 37.7 Å². The Morgan fingerprint density at radius 3 is 2.61 bits per heavy atom. The lowest BCUT2D eigenvalue weighted by atomic mass is 9.86. The van der Waals surface area contributed by atoms with Crippen molar-refractivity contribution in [3.8, 4) is 0 Å². The standard InChI is InChI=1S/C20H27N3O5/c1-14-6-2-3-7-17(14)21-19(24)13-28-20(25)16-12-15(23(26)27)8-9-18(16)22-10-4-5-11-22/h8-9,12,14,17H,2-7,10-11,13H2,1H3,(H,21,24)/t14-,17+/m1/s1. The molecule has 3 rings (SSSR count). The molecule has 0 unspecified atom stereocenters. The van der Waals surface area contributed by atoms with E-state index in [4.69, 9.17) is 4.74 Å². The van der Waals surface area contributed by atoms with Crippen LogP contribution >= 0.6 is 0 Å². The third kappa shape index (κ3) is 4.79. The average molecular weight is 389 g/mol. The van der Waals surface area contributed by atoms with Gasteiger partial charge < -0.3 is 15.0 Å². The van der Waals surface area contributed by atoms with E-state index in [0.717, 1.165) is 45.2 Å². The summed E-state index contributed by atoms with van der Waals surface area (Å²) in [5, 5.41) is 14.0. The molecule has 2 aliphatic rings. The molecule has 2 fully saturated rings. The molecule has 0 spiro atoms. The number of nitrogens with one attached hydrogen (secondary N) is 1. The molecule has 8 nitrogen and oxygen atoms in total. The summed E-state index contributed by atoms with van der Waals surface area (Å²) < 4.78 is 5.20. The largest absolute Gasteiger partial charge is 0.452 e. The van der Waals surface area contributed by atoms with Crippen LogP contribution in [0.1, 0.15) is 55.8 Å². The van der Waals surface area contributed by atoms with Crippen LogP contribution in [0.15, 0.2) is 18.2 Å². The zero-order valence-electron chi connectivity index (χ0n) is 16.2. The number of non-ortho nitro benzene ring substituents is 1. The Labute approximate surface area is 164 Å². The number of hydrogen-bond acceptors (Lipinski definition) is 6. The summed E-state index contributed by atoms with van der Waals surface area (Å²) in [7, 11) is 0. The summed E-state index contributed by atoms with van der Waals surface area (Å²) in [4.78, 5) is 37.4. The second-order valence-electron chi connectivity index (χ2n) is 7.66. The van der Waals surface area contributed by atoms with E-state index in [-0.39, 0.29) is 29.8 Å². The molecule has 1 saturated heterocycles. The predicted octanol–water partition coefficient (Wildman–Crippen LogP) is 3.05. The summed E-state index contributed by atoms with van der Waals surface area (Å²) in [5.41, 5.74) is 0.583. The van der Waals surface area contributed by atoms with Gasteiger partial charge in [-0.3, -0.25) is 14.9 Å². The Bertz CT molecular complexity index is 745. The smallest absolute Gasteiger partial charge is 0.341 e. The Hall–Kier alpha value is -2.64. The Kier molecular flexibility index (Phi) is 6.49. The Balaban J connectivity index is 1.66. The van der Waals surface area contributed by atoms with Crippen molar-refractivity contribution >= 4 is 23.3 Å². The van der Waals surface area contributed by atoms with Crippen LogP contribution in [-0.4, -0.2) is 42.5 Å². The first kappa shape index (κ1) is 20.1. The maximum atomic E-state index is 12.6. The molecule has 1 amide bonds. The Morgan fingerprint density at radius 2 is 1.93 bits per heavy atom. The van der Waals surface area contributed by atoms with Crippen molar-refractivity contribution in [1.82, 2.24) is 5.32 Å². The number of hydrogen-bond donors (Lipinski definition) is 1. The SMILES string of the molecule is C[C@@H]1CCCC[C@@H]1NC(=O)COC(=O)c1cc([N+](=O)[O-])ccc1N1CCCC1. The molecule has 0 radical (unpaired) electrons. The summed E-state index contributed by atoms with van der Waals surface area (Å²) in [6.45, 7) is 3.31. The lowest BCUT2D eigenvalue weighted by molar-refractivity contribution is -0.384. The van der Waals surface area contributed by atoms with Gasteiger partial charge in [-0.2, -0.15) is 0 Å². The van der Waals surface area contributed by atoms with Gasteiger partial charge in [-0.1, -0.05) is 19.8 Å². The van der Waals surface area contributed by atoms with Crippen LogP contribution in [0.5, 0.6) is 0 Å². The molecule has 1 saturated carbocycles. The molecule has 1 aliphatic carbocycles. The predicted molar refractivity (Wildman–Crippen MR) is 104 cm³/mol. The van der Waals surface area contributed by atoms with Gasteiger partial charge in [0, 0.05) is 31.3 Å². The molecule has 0 aromatic heterocycles. The number of esters is 1. The van der Waals surface area contributed by atoms with Crippen LogP contribution < -0.4 is 10.2 Å². The molecule has 1 heterocycles. The number of nitrogens with zero attached hydrogens (tertiary/aromatic N) is 2. The highest BCUT2D eigenvalue weighted by Crippen LogP contribution is 2.29. The minimum absolute atomic E-state index is 0.109.